The molecular formula is C16H20Cl2N4O4S. The number of ether oxygens (including phenoxy) is 3. The zero-order chi connectivity index (χ0) is 20.0. The highest BCUT2D eigenvalue weighted by Gasteiger charge is 2.19. The fourth-order valence-corrected chi connectivity index (χ4v) is 3.17. The molecule has 2 aromatic rings. The third-order valence-corrected chi connectivity index (χ3v) is 5.03. The molecule has 0 aliphatic heterocycles. The van der Waals surface area contributed by atoms with E-state index >= 15 is 0 Å². The lowest BCUT2D eigenvalue weighted by Crippen LogP contribution is -2.38. The van der Waals surface area contributed by atoms with Gasteiger partial charge in [-0.2, -0.15) is 0 Å². The number of amides is 2. The van der Waals surface area contributed by atoms with Crippen LogP contribution in [-0.2, 0) is 9.47 Å². The molecule has 2 amide bonds. The summed E-state index contributed by atoms with van der Waals surface area (Å²) in [5.41, 5.74) is 0. The molecule has 0 spiro atoms. The van der Waals surface area contributed by atoms with E-state index in [1.807, 2.05) is 6.92 Å². The van der Waals surface area contributed by atoms with Crippen molar-refractivity contribution in [2.45, 2.75) is 19.3 Å². The first-order valence-corrected chi connectivity index (χ1v) is 9.44. The lowest BCUT2D eigenvalue weighted by atomic mass is 10.3. The van der Waals surface area contributed by atoms with Gasteiger partial charge in [0.05, 0.1) is 11.6 Å². The molecule has 1 N–H and O–H groups in total. The topological polar surface area (TPSA) is 85.8 Å². The van der Waals surface area contributed by atoms with Crippen LogP contribution in [0.4, 0.5) is 9.93 Å². The first-order valence-electron chi connectivity index (χ1n) is 7.86. The lowest BCUT2D eigenvalue weighted by molar-refractivity contribution is -0.108. The molecule has 2 rings (SSSR count). The number of nitrogens with one attached hydrogen (secondary N) is 1. The molecule has 8 nitrogen and oxygen atoms in total. The second kappa shape index (κ2) is 10.0. The van der Waals surface area contributed by atoms with Gasteiger partial charge in [-0.05, 0) is 25.1 Å². The number of halogens is 2. The Morgan fingerprint density at radius 3 is 2.63 bits per heavy atom. The summed E-state index contributed by atoms with van der Waals surface area (Å²) in [7, 11) is 4.63. The van der Waals surface area contributed by atoms with E-state index in [2.05, 4.69) is 15.5 Å². The Kier molecular flexibility index (Phi) is 8.06. The number of rotatable bonds is 8. The minimum Gasteiger partial charge on any atom is -0.482 e. The van der Waals surface area contributed by atoms with Crippen LogP contribution in [0.3, 0.4) is 0 Å². The quantitative estimate of drug-likeness (QED) is 0.630. The molecule has 27 heavy (non-hydrogen) atoms. The number of urea groups is 1. The molecule has 0 saturated carbocycles. The van der Waals surface area contributed by atoms with Crippen molar-refractivity contribution in [3.05, 3.63) is 33.3 Å². The molecule has 1 atom stereocenters. The monoisotopic (exact) mass is 434 g/mol. The number of carbonyl (C=O) groups is 1. The van der Waals surface area contributed by atoms with Gasteiger partial charge in [0.15, 0.2) is 11.3 Å². The van der Waals surface area contributed by atoms with Gasteiger partial charge in [-0.25, -0.2) is 4.79 Å². The second-order valence-electron chi connectivity index (χ2n) is 5.49. The second-order valence-corrected chi connectivity index (χ2v) is 7.34. The third-order valence-electron chi connectivity index (χ3n) is 3.50. The molecule has 11 heteroatoms. The van der Waals surface area contributed by atoms with Gasteiger partial charge in [0.1, 0.15) is 11.9 Å². The van der Waals surface area contributed by atoms with Gasteiger partial charge in [-0.3, -0.25) is 5.32 Å². The van der Waals surface area contributed by atoms with E-state index in [0.717, 1.165) is 0 Å². The van der Waals surface area contributed by atoms with Gasteiger partial charge in [0.25, 0.3) is 0 Å². The van der Waals surface area contributed by atoms with Crippen LogP contribution in [-0.4, -0.2) is 55.2 Å². The molecular weight excluding hydrogens is 415 g/mol. The maximum Gasteiger partial charge on any atom is 0.323 e. The smallest absolute Gasteiger partial charge is 0.323 e. The summed E-state index contributed by atoms with van der Waals surface area (Å²) in [6.45, 7) is 2.07. The number of aromatic nitrogens is 2. The molecule has 0 aliphatic rings. The van der Waals surface area contributed by atoms with Crippen LogP contribution in [0.5, 0.6) is 5.75 Å². The molecule has 0 bridgehead atoms. The molecule has 0 fully saturated rings. The number of anilines is 1. The Labute approximate surface area is 171 Å². The van der Waals surface area contributed by atoms with Crippen molar-refractivity contribution in [1.82, 2.24) is 15.1 Å². The number of likely N-dealkylation sites (N-methyl/N-ethyl adjacent to an activating group) is 1. The minimum absolute atomic E-state index is 0.263. The summed E-state index contributed by atoms with van der Waals surface area (Å²) in [6.07, 6.45) is -0.917. The van der Waals surface area contributed by atoms with E-state index in [-0.39, 0.29) is 12.6 Å². The minimum atomic E-state index is -0.511. The summed E-state index contributed by atoms with van der Waals surface area (Å²) in [5.74, 6) is 0.485. The summed E-state index contributed by atoms with van der Waals surface area (Å²) >= 11 is 13.2. The van der Waals surface area contributed by atoms with Gasteiger partial charge in [0.2, 0.25) is 5.13 Å². The van der Waals surface area contributed by atoms with Gasteiger partial charge < -0.3 is 19.1 Å². The van der Waals surface area contributed by atoms with E-state index in [4.69, 9.17) is 37.4 Å². The first-order chi connectivity index (χ1) is 12.8. The predicted molar refractivity (Wildman–Crippen MR) is 105 cm³/mol. The fraction of sp³-hybridized carbons (Fsp3) is 0.438. The van der Waals surface area contributed by atoms with Crippen LogP contribution in [0.25, 0.3) is 0 Å². The first kappa shape index (κ1) is 21.6. The third kappa shape index (κ3) is 6.18. The zero-order valence-corrected chi connectivity index (χ0v) is 17.6. The number of benzene rings is 1. The standard InChI is InChI=1S/C16H20Cl2N4O4S/c1-9(26-12-6-5-10(17)7-11(12)18)14-20-21-15(27-14)19-16(23)22(2)8-13(24-3)25-4/h5-7,9,13H,8H2,1-4H3,(H,19,21,23). The van der Waals surface area contributed by atoms with Crippen molar-refractivity contribution >= 4 is 45.7 Å². The largest absolute Gasteiger partial charge is 0.482 e. The summed E-state index contributed by atoms with van der Waals surface area (Å²) < 4.78 is 15.9. The number of methoxy groups -OCH3 is 2. The van der Waals surface area contributed by atoms with Crippen LogP contribution in [0.1, 0.15) is 18.0 Å². The maximum atomic E-state index is 12.2. The van der Waals surface area contributed by atoms with Gasteiger partial charge >= 0.3 is 6.03 Å². The van der Waals surface area contributed by atoms with Crippen LogP contribution in [0.2, 0.25) is 10.0 Å². The molecule has 1 heterocycles. The number of hydrogen-bond acceptors (Lipinski definition) is 7. The SMILES string of the molecule is COC(CN(C)C(=O)Nc1nnc(C(C)Oc2ccc(Cl)cc2Cl)s1)OC. The molecule has 1 aromatic carbocycles. The number of hydrogen-bond donors (Lipinski definition) is 1. The Morgan fingerprint density at radius 2 is 2.00 bits per heavy atom. The molecule has 1 unspecified atom stereocenters. The molecule has 0 aliphatic carbocycles. The van der Waals surface area contributed by atoms with Crippen molar-refractivity contribution < 1.29 is 19.0 Å². The van der Waals surface area contributed by atoms with Crippen LogP contribution < -0.4 is 10.1 Å². The summed E-state index contributed by atoms with van der Waals surface area (Å²) in [5, 5.41) is 12.6. The van der Waals surface area contributed by atoms with Gasteiger partial charge in [-0.1, -0.05) is 34.5 Å². The zero-order valence-electron chi connectivity index (χ0n) is 15.2. The van der Waals surface area contributed by atoms with Crippen molar-refractivity contribution in [1.29, 1.82) is 0 Å². The fourth-order valence-electron chi connectivity index (χ4n) is 2.00. The highest BCUT2D eigenvalue weighted by Crippen LogP contribution is 2.32. The number of carbonyl (C=O) groups excluding carboxylic acids is 1. The highest BCUT2D eigenvalue weighted by atomic mass is 35.5. The van der Waals surface area contributed by atoms with Crippen LogP contribution >= 0.6 is 34.5 Å². The maximum absolute atomic E-state index is 12.2. The average Bonchev–Trinajstić information content (AvgIpc) is 3.10. The Hall–Kier alpha value is -1.65. The Bertz CT molecular complexity index is 773. The van der Waals surface area contributed by atoms with Gasteiger partial charge in [-0.15, -0.1) is 10.2 Å². The van der Waals surface area contributed by atoms with E-state index < -0.39 is 12.4 Å². The van der Waals surface area contributed by atoms with E-state index in [1.165, 1.54) is 30.5 Å². The van der Waals surface area contributed by atoms with E-state index in [0.29, 0.717) is 25.9 Å². The highest BCUT2D eigenvalue weighted by molar-refractivity contribution is 7.15. The molecule has 0 radical (unpaired) electrons. The predicted octanol–water partition coefficient (Wildman–Crippen LogP) is 4.07. The lowest BCUT2D eigenvalue weighted by Gasteiger charge is -2.21. The normalized spacial score (nSPS) is 12.1. The Morgan fingerprint density at radius 1 is 1.30 bits per heavy atom. The Balaban J connectivity index is 1.96. The van der Waals surface area contributed by atoms with Crippen LogP contribution in [0, 0.1) is 0 Å². The van der Waals surface area contributed by atoms with E-state index in [9.17, 15) is 4.79 Å². The molecule has 1 aromatic heterocycles. The van der Waals surface area contributed by atoms with Crippen molar-refractivity contribution in [3.8, 4) is 5.75 Å². The van der Waals surface area contributed by atoms with Crippen molar-refractivity contribution in [2.24, 2.45) is 0 Å². The number of nitrogens with zero attached hydrogens (tertiary/aromatic N) is 3. The van der Waals surface area contributed by atoms with Gasteiger partial charge in [0, 0.05) is 26.3 Å². The average molecular weight is 435 g/mol. The van der Waals surface area contributed by atoms with E-state index in [1.54, 1.807) is 25.2 Å². The summed E-state index contributed by atoms with van der Waals surface area (Å²) in [4.78, 5) is 13.6. The van der Waals surface area contributed by atoms with Crippen LogP contribution in [0.15, 0.2) is 18.2 Å². The molecule has 0 saturated heterocycles. The van der Waals surface area contributed by atoms with Crippen molar-refractivity contribution in [2.75, 3.05) is 33.1 Å². The molecule has 148 valence electrons. The van der Waals surface area contributed by atoms with Crippen molar-refractivity contribution in [3.63, 3.8) is 0 Å². The summed E-state index contributed by atoms with van der Waals surface area (Å²) in [6, 6.07) is 4.61.